The highest BCUT2D eigenvalue weighted by molar-refractivity contribution is 5.31. The van der Waals surface area contributed by atoms with Crippen LogP contribution in [0.5, 0.6) is 0 Å². The van der Waals surface area contributed by atoms with Crippen molar-refractivity contribution in [1.82, 2.24) is 15.1 Å². The molecule has 5 heteroatoms. The number of aromatic nitrogens is 2. The minimum atomic E-state index is -0.550. The summed E-state index contributed by atoms with van der Waals surface area (Å²) in [5, 5.41) is 18.1. The molecule has 0 aliphatic heterocycles. The molecule has 0 radical (unpaired) electrons. The van der Waals surface area contributed by atoms with E-state index in [0.29, 0.717) is 13.1 Å². The number of rotatable bonds is 5. The number of nitrogens with one attached hydrogen (secondary N) is 1. The summed E-state index contributed by atoms with van der Waals surface area (Å²) >= 11 is 0. The van der Waals surface area contributed by atoms with Crippen molar-refractivity contribution >= 4 is 0 Å². The molecule has 2 aromatic rings. The number of hydrogen-bond acceptors (Lipinski definition) is 3. The van der Waals surface area contributed by atoms with Gasteiger partial charge in [0, 0.05) is 24.8 Å². The Balaban J connectivity index is 1.54. The van der Waals surface area contributed by atoms with Gasteiger partial charge in [-0.3, -0.25) is 0 Å². The summed E-state index contributed by atoms with van der Waals surface area (Å²) in [5.41, 5.74) is 1.33. The van der Waals surface area contributed by atoms with E-state index in [9.17, 15) is 9.50 Å². The zero-order valence-electron chi connectivity index (χ0n) is 12.6. The van der Waals surface area contributed by atoms with E-state index in [4.69, 9.17) is 0 Å². The van der Waals surface area contributed by atoms with Crippen LogP contribution in [0.3, 0.4) is 0 Å². The first-order valence-corrected chi connectivity index (χ1v) is 7.87. The minimum absolute atomic E-state index is 0.251. The van der Waals surface area contributed by atoms with Crippen LogP contribution in [0.1, 0.15) is 37.7 Å². The molecule has 1 saturated carbocycles. The van der Waals surface area contributed by atoms with E-state index < -0.39 is 5.60 Å². The Labute approximate surface area is 130 Å². The second-order valence-corrected chi connectivity index (χ2v) is 6.16. The summed E-state index contributed by atoms with van der Waals surface area (Å²) in [6.07, 6.45) is 8.93. The lowest BCUT2D eigenvalue weighted by atomic mass is 9.85. The van der Waals surface area contributed by atoms with Crippen LogP contribution in [0.4, 0.5) is 4.39 Å². The summed E-state index contributed by atoms with van der Waals surface area (Å²) in [6, 6.07) is 6.25. The second kappa shape index (κ2) is 6.58. The smallest absolute Gasteiger partial charge is 0.123 e. The third-order valence-corrected chi connectivity index (χ3v) is 4.29. The van der Waals surface area contributed by atoms with Crippen LogP contribution < -0.4 is 5.32 Å². The molecule has 0 bridgehead atoms. The summed E-state index contributed by atoms with van der Waals surface area (Å²) in [7, 11) is 0. The van der Waals surface area contributed by atoms with Crippen LogP contribution >= 0.6 is 0 Å². The zero-order valence-corrected chi connectivity index (χ0v) is 12.6. The topological polar surface area (TPSA) is 50.1 Å². The van der Waals surface area contributed by atoms with E-state index >= 15 is 0 Å². The third kappa shape index (κ3) is 3.72. The highest BCUT2D eigenvalue weighted by Crippen LogP contribution is 2.27. The monoisotopic (exact) mass is 303 g/mol. The quantitative estimate of drug-likeness (QED) is 0.893. The van der Waals surface area contributed by atoms with Gasteiger partial charge in [-0.15, -0.1) is 0 Å². The molecule has 3 rings (SSSR count). The maximum absolute atomic E-state index is 12.9. The maximum Gasteiger partial charge on any atom is 0.123 e. The van der Waals surface area contributed by atoms with Crippen molar-refractivity contribution in [2.45, 2.75) is 44.2 Å². The molecular formula is C17H22FN3O. The van der Waals surface area contributed by atoms with Gasteiger partial charge in [0.1, 0.15) is 5.82 Å². The van der Waals surface area contributed by atoms with Crippen molar-refractivity contribution in [3.63, 3.8) is 0 Å². The van der Waals surface area contributed by atoms with Crippen molar-refractivity contribution in [3.05, 3.63) is 48.0 Å². The Hall–Kier alpha value is -1.72. The van der Waals surface area contributed by atoms with Gasteiger partial charge in [-0.1, -0.05) is 19.3 Å². The average molecular weight is 303 g/mol. The number of aliphatic hydroxyl groups is 1. The van der Waals surface area contributed by atoms with Crippen LogP contribution in [0.2, 0.25) is 0 Å². The minimum Gasteiger partial charge on any atom is -0.389 e. The normalized spacial score (nSPS) is 17.5. The van der Waals surface area contributed by atoms with E-state index in [1.54, 1.807) is 23.0 Å². The van der Waals surface area contributed by atoms with E-state index in [-0.39, 0.29) is 5.82 Å². The molecule has 0 atom stereocenters. The second-order valence-electron chi connectivity index (χ2n) is 6.16. The molecule has 1 heterocycles. The molecule has 0 spiro atoms. The number of nitrogens with zero attached hydrogens (tertiary/aromatic N) is 2. The van der Waals surface area contributed by atoms with E-state index in [2.05, 4.69) is 10.4 Å². The standard InChI is InChI=1S/C17H22FN3O/c18-15-4-6-16(7-5-15)21-12-14(11-20-21)10-19-13-17(22)8-2-1-3-9-17/h4-7,11-12,19,22H,1-3,8-10,13H2. The van der Waals surface area contributed by atoms with Gasteiger partial charge in [-0.05, 0) is 37.1 Å². The highest BCUT2D eigenvalue weighted by atomic mass is 19.1. The van der Waals surface area contributed by atoms with Crippen molar-refractivity contribution in [2.24, 2.45) is 0 Å². The van der Waals surface area contributed by atoms with Gasteiger partial charge in [-0.25, -0.2) is 9.07 Å². The molecule has 1 aromatic carbocycles. The molecule has 118 valence electrons. The fourth-order valence-corrected chi connectivity index (χ4v) is 3.01. The first-order chi connectivity index (χ1) is 10.6. The molecule has 4 nitrogen and oxygen atoms in total. The lowest BCUT2D eigenvalue weighted by molar-refractivity contribution is 0.00467. The van der Waals surface area contributed by atoms with Crippen LogP contribution in [-0.2, 0) is 6.54 Å². The Kier molecular flexibility index (Phi) is 4.55. The van der Waals surface area contributed by atoms with E-state index in [0.717, 1.165) is 36.9 Å². The van der Waals surface area contributed by atoms with Gasteiger partial charge in [-0.2, -0.15) is 5.10 Å². The van der Waals surface area contributed by atoms with Gasteiger partial charge >= 0.3 is 0 Å². The van der Waals surface area contributed by atoms with Crippen LogP contribution in [0.15, 0.2) is 36.7 Å². The molecule has 0 unspecified atom stereocenters. The predicted octanol–water partition coefficient (Wildman–Crippen LogP) is 2.80. The number of halogens is 1. The molecular weight excluding hydrogens is 281 g/mol. The lowest BCUT2D eigenvalue weighted by Gasteiger charge is -2.32. The van der Waals surface area contributed by atoms with Gasteiger partial charge in [0.05, 0.1) is 17.5 Å². The Morgan fingerprint density at radius 3 is 2.64 bits per heavy atom. The molecule has 1 fully saturated rings. The summed E-state index contributed by atoms with van der Waals surface area (Å²) in [4.78, 5) is 0. The lowest BCUT2D eigenvalue weighted by Crippen LogP contribution is -2.41. The van der Waals surface area contributed by atoms with Gasteiger partial charge in [0.15, 0.2) is 0 Å². The Morgan fingerprint density at radius 2 is 1.91 bits per heavy atom. The third-order valence-electron chi connectivity index (χ3n) is 4.29. The number of benzene rings is 1. The SMILES string of the molecule is OC1(CNCc2cnn(-c3ccc(F)cc3)c2)CCCCC1. The largest absolute Gasteiger partial charge is 0.389 e. The highest BCUT2D eigenvalue weighted by Gasteiger charge is 2.28. The van der Waals surface area contributed by atoms with Crippen molar-refractivity contribution in [2.75, 3.05) is 6.54 Å². The Bertz CT molecular complexity index is 603. The average Bonchev–Trinajstić information content (AvgIpc) is 2.97. The summed E-state index contributed by atoms with van der Waals surface area (Å²) < 4.78 is 14.7. The van der Waals surface area contributed by atoms with Gasteiger partial charge in [0.25, 0.3) is 0 Å². The molecule has 22 heavy (non-hydrogen) atoms. The molecule has 0 amide bonds. The summed E-state index contributed by atoms with van der Waals surface area (Å²) in [5.74, 6) is -0.251. The van der Waals surface area contributed by atoms with E-state index in [1.807, 2.05) is 6.20 Å². The van der Waals surface area contributed by atoms with Gasteiger partial charge in [0.2, 0.25) is 0 Å². The zero-order chi connectivity index (χ0) is 15.4. The van der Waals surface area contributed by atoms with Crippen molar-refractivity contribution in [3.8, 4) is 5.69 Å². The van der Waals surface area contributed by atoms with Crippen LogP contribution in [0.25, 0.3) is 5.69 Å². The molecule has 1 aromatic heterocycles. The Morgan fingerprint density at radius 1 is 1.18 bits per heavy atom. The van der Waals surface area contributed by atoms with Crippen molar-refractivity contribution < 1.29 is 9.50 Å². The van der Waals surface area contributed by atoms with Crippen molar-refractivity contribution in [1.29, 1.82) is 0 Å². The molecule has 1 aliphatic rings. The molecule has 0 saturated heterocycles. The molecule has 1 aliphatic carbocycles. The summed E-state index contributed by atoms with van der Waals surface area (Å²) in [6.45, 7) is 1.29. The van der Waals surface area contributed by atoms with Crippen LogP contribution in [0, 0.1) is 5.82 Å². The number of hydrogen-bond donors (Lipinski definition) is 2. The fraction of sp³-hybridized carbons (Fsp3) is 0.471. The van der Waals surface area contributed by atoms with E-state index in [1.165, 1.54) is 18.6 Å². The first kappa shape index (κ1) is 15.2. The van der Waals surface area contributed by atoms with Gasteiger partial charge < -0.3 is 10.4 Å². The first-order valence-electron chi connectivity index (χ1n) is 7.87. The molecule has 2 N–H and O–H groups in total. The predicted molar refractivity (Wildman–Crippen MR) is 83.3 cm³/mol. The maximum atomic E-state index is 12.9. The van der Waals surface area contributed by atoms with Crippen LogP contribution in [-0.4, -0.2) is 27.0 Å². The fourth-order valence-electron chi connectivity index (χ4n) is 3.01.